The number of rotatable bonds is 4. The third-order valence-corrected chi connectivity index (χ3v) is 2.29. The van der Waals surface area contributed by atoms with E-state index in [0.717, 1.165) is 0 Å². The summed E-state index contributed by atoms with van der Waals surface area (Å²) in [5, 5.41) is 9.29. The highest BCUT2D eigenvalue weighted by Crippen LogP contribution is 2.16. The third-order valence-electron chi connectivity index (χ3n) is 1.74. The molecule has 0 aliphatic carbocycles. The summed E-state index contributed by atoms with van der Waals surface area (Å²) in [7, 11) is 0. The van der Waals surface area contributed by atoms with Gasteiger partial charge in [0.25, 0.3) is 0 Å². The van der Waals surface area contributed by atoms with Gasteiger partial charge in [0.05, 0.1) is 12.7 Å². The van der Waals surface area contributed by atoms with E-state index in [1.54, 1.807) is 19.2 Å². The van der Waals surface area contributed by atoms with E-state index >= 15 is 0 Å². The minimum absolute atomic E-state index is 0.0165. The Hall–Kier alpha value is -1.88. The molecule has 0 amide bonds. The summed E-state index contributed by atoms with van der Waals surface area (Å²) in [5.41, 5.74) is 5.46. The van der Waals surface area contributed by atoms with Crippen molar-refractivity contribution in [3.8, 4) is 6.07 Å². The van der Waals surface area contributed by atoms with E-state index in [1.807, 2.05) is 0 Å². The van der Waals surface area contributed by atoms with Gasteiger partial charge in [-0.2, -0.15) is 15.2 Å². The van der Waals surface area contributed by atoms with E-state index in [2.05, 4.69) is 15.0 Å². The molecule has 0 spiro atoms. The number of esters is 1. The van der Waals surface area contributed by atoms with Gasteiger partial charge in [-0.3, -0.25) is 4.79 Å². The van der Waals surface area contributed by atoms with Gasteiger partial charge in [0.2, 0.25) is 11.9 Å². The standard InChI is InChI=1S/C9H11N5O2S/c1-3-16-7(15)5(4-10)6-12-8(11)14-9(13-6)17-2/h5H,3H2,1-2H3,(H2,11,12,13,14). The van der Waals surface area contributed by atoms with Crippen molar-refractivity contribution in [1.29, 1.82) is 5.26 Å². The highest BCUT2D eigenvalue weighted by molar-refractivity contribution is 7.98. The minimum atomic E-state index is -1.17. The first kappa shape index (κ1) is 13.2. The normalized spacial score (nSPS) is 11.6. The summed E-state index contributed by atoms with van der Waals surface area (Å²) >= 11 is 1.25. The van der Waals surface area contributed by atoms with Crippen LogP contribution in [0.3, 0.4) is 0 Å². The number of ether oxygens (including phenoxy) is 1. The predicted molar refractivity (Wildman–Crippen MR) is 61.0 cm³/mol. The van der Waals surface area contributed by atoms with Crippen LogP contribution in [0.5, 0.6) is 0 Å². The monoisotopic (exact) mass is 253 g/mol. The molecule has 0 aliphatic rings. The fourth-order valence-corrected chi connectivity index (χ4v) is 1.42. The summed E-state index contributed by atoms with van der Waals surface area (Å²) < 4.78 is 4.75. The fourth-order valence-electron chi connectivity index (χ4n) is 1.05. The zero-order chi connectivity index (χ0) is 12.8. The second kappa shape index (κ2) is 6.00. The number of anilines is 1. The molecule has 1 unspecified atom stereocenters. The van der Waals surface area contributed by atoms with Gasteiger partial charge in [-0.25, -0.2) is 4.98 Å². The smallest absolute Gasteiger partial charge is 0.331 e. The number of aromatic nitrogens is 3. The van der Waals surface area contributed by atoms with Gasteiger partial charge in [0.15, 0.2) is 11.0 Å². The Morgan fingerprint density at radius 3 is 2.82 bits per heavy atom. The average molecular weight is 253 g/mol. The Balaban J connectivity index is 3.08. The number of nitrogens with two attached hydrogens (primary N) is 1. The molecule has 90 valence electrons. The quantitative estimate of drug-likeness (QED) is 0.603. The van der Waals surface area contributed by atoms with Crippen molar-refractivity contribution in [3.05, 3.63) is 5.82 Å². The second-order valence-electron chi connectivity index (χ2n) is 2.85. The molecule has 7 nitrogen and oxygen atoms in total. The van der Waals surface area contributed by atoms with E-state index in [0.29, 0.717) is 5.16 Å². The molecule has 1 atom stereocenters. The van der Waals surface area contributed by atoms with Gasteiger partial charge in [0, 0.05) is 0 Å². The van der Waals surface area contributed by atoms with Crippen LogP contribution in [0.25, 0.3) is 0 Å². The molecule has 1 rings (SSSR count). The van der Waals surface area contributed by atoms with E-state index < -0.39 is 11.9 Å². The zero-order valence-corrected chi connectivity index (χ0v) is 10.2. The van der Waals surface area contributed by atoms with Crippen LogP contribution in [-0.2, 0) is 9.53 Å². The zero-order valence-electron chi connectivity index (χ0n) is 9.38. The highest BCUT2D eigenvalue weighted by Gasteiger charge is 2.25. The molecule has 8 heteroatoms. The van der Waals surface area contributed by atoms with Crippen molar-refractivity contribution < 1.29 is 9.53 Å². The van der Waals surface area contributed by atoms with Crippen LogP contribution in [-0.4, -0.2) is 33.8 Å². The number of nitriles is 1. The van der Waals surface area contributed by atoms with Crippen LogP contribution in [0, 0.1) is 11.3 Å². The molecule has 0 aliphatic heterocycles. The van der Waals surface area contributed by atoms with Gasteiger partial charge >= 0.3 is 5.97 Å². The maximum Gasteiger partial charge on any atom is 0.331 e. The van der Waals surface area contributed by atoms with Crippen molar-refractivity contribution in [2.24, 2.45) is 0 Å². The summed E-state index contributed by atoms with van der Waals surface area (Å²) in [5.74, 6) is -1.87. The lowest BCUT2D eigenvalue weighted by Gasteiger charge is -2.08. The Bertz CT molecular complexity index is 459. The minimum Gasteiger partial charge on any atom is -0.465 e. The predicted octanol–water partition coefficient (Wildman–Crippen LogP) is 0.346. The van der Waals surface area contributed by atoms with Crippen LogP contribution in [0.4, 0.5) is 5.95 Å². The first-order valence-electron chi connectivity index (χ1n) is 4.74. The van der Waals surface area contributed by atoms with Gasteiger partial charge in [-0.15, -0.1) is 0 Å². The molecule has 1 heterocycles. The molecule has 0 aromatic carbocycles. The lowest BCUT2D eigenvalue weighted by atomic mass is 10.1. The van der Waals surface area contributed by atoms with Crippen molar-refractivity contribution in [2.45, 2.75) is 18.0 Å². The summed E-state index contributed by atoms with van der Waals surface area (Å²) in [6.45, 7) is 1.84. The van der Waals surface area contributed by atoms with Crippen LogP contribution in [0.1, 0.15) is 18.7 Å². The van der Waals surface area contributed by atoms with Crippen LogP contribution in [0.2, 0.25) is 0 Å². The molecule has 2 N–H and O–H groups in total. The SMILES string of the molecule is CCOC(=O)C(C#N)c1nc(N)nc(SC)n1. The summed E-state index contributed by atoms with van der Waals surface area (Å²) in [6, 6.07) is 1.79. The number of nitrogen functional groups attached to an aromatic ring is 1. The molecule has 0 fully saturated rings. The van der Waals surface area contributed by atoms with Gasteiger partial charge in [0.1, 0.15) is 0 Å². The van der Waals surface area contributed by atoms with Gasteiger partial charge in [-0.05, 0) is 13.2 Å². The van der Waals surface area contributed by atoms with E-state index in [4.69, 9.17) is 15.7 Å². The van der Waals surface area contributed by atoms with Crippen molar-refractivity contribution in [1.82, 2.24) is 15.0 Å². The van der Waals surface area contributed by atoms with Crippen molar-refractivity contribution in [3.63, 3.8) is 0 Å². The molecular formula is C9H11N5O2S. The van der Waals surface area contributed by atoms with E-state index in [9.17, 15) is 4.79 Å². The average Bonchev–Trinajstić information content (AvgIpc) is 2.29. The Morgan fingerprint density at radius 1 is 1.59 bits per heavy atom. The molecular weight excluding hydrogens is 242 g/mol. The van der Waals surface area contributed by atoms with E-state index in [1.165, 1.54) is 11.8 Å². The van der Waals surface area contributed by atoms with E-state index in [-0.39, 0.29) is 18.4 Å². The highest BCUT2D eigenvalue weighted by atomic mass is 32.2. The third kappa shape index (κ3) is 3.29. The number of nitrogens with zero attached hydrogens (tertiary/aromatic N) is 4. The molecule has 0 bridgehead atoms. The summed E-state index contributed by atoms with van der Waals surface area (Å²) in [4.78, 5) is 23.1. The second-order valence-corrected chi connectivity index (χ2v) is 3.63. The first-order chi connectivity index (χ1) is 8.12. The Labute approximate surface area is 102 Å². The molecule has 1 aromatic heterocycles. The maximum atomic E-state index is 11.5. The van der Waals surface area contributed by atoms with Crippen LogP contribution in [0.15, 0.2) is 5.16 Å². The van der Waals surface area contributed by atoms with Gasteiger partial charge in [-0.1, -0.05) is 11.8 Å². The van der Waals surface area contributed by atoms with Gasteiger partial charge < -0.3 is 10.5 Å². The summed E-state index contributed by atoms with van der Waals surface area (Å²) in [6.07, 6.45) is 1.75. The van der Waals surface area contributed by atoms with Crippen LogP contribution < -0.4 is 5.73 Å². The van der Waals surface area contributed by atoms with Crippen molar-refractivity contribution in [2.75, 3.05) is 18.6 Å². The lowest BCUT2D eigenvalue weighted by Crippen LogP contribution is -2.18. The fraction of sp³-hybridized carbons (Fsp3) is 0.444. The van der Waals surface area contributed by atoms with Crippen LogP contribution >= 0.6 is 11.8 Å². The molecule has 0 saturated carbocycles. The largest absolute Gasteiger partial charge is 0.465 e. The molecule has 17 heavy (non-hydrogen) atoms. The number of hydrogen-bond acceptors (Lipinski definition) is 8. The Morgan fingerprint density at radius 2 is 2.29 bits per heavy atom. The topological polar surface area (TPSA) is 115 Å². The molecule has 0 saturated heterocycles. The maximum absolute atomic E-state index is 11.5. The number of thioether (sulfide) groups is 1. The molecule has 0 radical (unpaired) electrons. The number of carbonyl (C=O) groups is 1. The Kier molecular flexibility index (Phi) is 4.66. The van der Waals surface area contributed by atoms with Crippen molar-refractivity contribution >= 4 is 23.7 Å². The number of carbonyl (C=O) groups excluding carboxylic acids is 1. The number of hydrogen-bond donors (Lipinski definition) is 1. The molecule has 1 aromatic rings. The lowest BCUT2D eigenvalue weighted by molar-refractivity contribution is -0.143. The first-order valence-corrected chi connectivity index (χ1v) is 5.96.